The van der Waals surface area contributed by atoms with Crippen LogP contribution in [0.2, 0.25) is 0 Å². The van der Waals surface area contributed by atoms with E-state index in [1.54, 1.807) is 0 Å². The predicted octanol–water partition coefficient (Wildman–Crippen LogP) is 0.497. The van der Waals surface area contributed by atoms with Crippen LogP contribution in [-0.4, -0.2) is 26.2 Å². The van der Waals surface area contributed by atoms with Crippen LogP contribution in [0, 0.1) is 6.92 Å². The Bertz CT molecular complexity index is 409. The second kappa shape index (κ2) is 4.37. The topological polar surface area (TPSA) is 73.0 Å². The molecule has 0 aliphatic rings. The Kier molecular flexibility index (Phi) is 3.63. The number of aromatic nitrogens is 1. The summed E-state index contributed by atoms with van der Waals surface area (Å²) in [5, 5.41) is 0.661. The minimum Gasteiger partial charge on any atom is -0.330 e. The summed E-state index contributed by atoms with van der Waals surface area (Å²) in [4.78, 5) is 5.29. The fourth-order valence-corrected chi connectivity index (χ4v) is 3.41. The molecule has 14 heavy (non-hydrogen) atoms. The molecular formula is C8H14N2O2S2. The van der Waals surface area contributed by atoms with Crippen LogP contribution in [0.1, 0.15) is 15.6 Å². The number of hydrogen-bond acceptors (Lipinski definition) is 5. The van der Waals surface area contributed by atoms with E-state index >= 15 is 0 Å². The van der Waals surface area contributed by atoms with Gasteiger partial charge in [0.1, 0.15) is 10.8 Å². The van der Waals surface area contributed by atoms with E-state index in [9.17, 15) is 8.42 Å². The lowest BCUT2D eigenvalue weighted by atomic mass is 10.3. The molecule has 0 aliphatic carbocycles. The zero-order valence-corrected chi connectivity index (χ0v) is 9.91. The predicted molar refractivity (Wildman–Crippen MR) is 58.2 cm³/mol. The van der Waals surface area contributed by atoms with Crippen molar-refractivity contribution in [3.8, 4) is 0 Å². The third-order valence-electron chi connectivity index (χ3n) is 1.69. The van der Waals surface area contributed by atoms with Gasteiger partial charge in [-0.05, 0) is 19.9 Å². The Hall–Kier alpha value is -0.460. The van der Waals surface area contributed by atoms with E-state index in [-0.39, 0.29) is 5.75 Å². The quantitative estimate of drug-likeness (QED) is 0.823. The first-order valence-corrected chi connectivity index (χ1v) is 7.13. The van der Waals surface area contributed by atoms with Gasteiger partial charge in [-0.25, -0.2) is 13.4 Å². The Labute approximate surface area is 88.1 Å². The minimum atomic E-state index is -2.98. The van der Waals surface area contributed by atoms with Crippen molar-refractivity contribution in [2.75, 3.05) is 12.8 Å². The van der Waals surface area contributed by atoms with Crippen molar-refractivity contribution >= 4 is 21.2 Å². The summed E-state index contributed by atoms with van der Waals surface area (Å²) in [6, 6.07) is 0. The van der Waals surface area contributed by atoms with Crippen molar-refractivity contribution in [1.29, 1.82) is 0 Å². The summed E-state index contributed by atoms with van der Waals surface area (Å²) in [5.41, 5.74) is 6.33. The number of nitrogens with zero attached hydrogens (tertiary/aromatic N) is 1. The molecule has 1 rings (SSSR count). The zero-order valence-electron chi connectivity index (χ0n) is 8.28. The SMILES string of the molecule is Cc1nc(CS(C)(=O)=O)sc1CCN. The maximum absolute atomic E-state index is 11.0. The van der Waals surface area contributed by atoms with Gasteiger partial charge in [-0.15, -0.1) is 11.3 Å². The average Bonchev–Trinajstić information content (AvgIpc) is 2.28. The highest BCUT2D eigenvalue weighted by Crippen LogP contribution is 2.19. The van der Waals surface area contributed by atoms with Crippen LogP contribution < -0.4 is 5.73 Å². The summed E-state index contributed by atoms with van der Waals surface area (Å²) in [5.74, 6) is 0.0308. The van der Waals surface area contributed by atoms with Gasteiger partial charge in [0, 0.05) is 11.1 Å². The van der Waals surface area contributed by atoms with Gasteiger partial charge in [0.05, 0.1) is 5.69 Å². The molecule has 2 N–H and O–H groups in total. The Morgan fingerprint density at radius 1 is 1.50 bits per heavy atom. The standard InChI is InChI=1S/C8H14N2O2S2/c1-6-7(3-4-9)13-8(10-6)5-14(2,11)12/h3-5,9H2,1-2H3. The number of thiazole rings is 1. The molecule has 0 aromatic carbocycles. The lowest BCUT2D eigenvalue weighted by molar-refractivity contribution is 0.601. The van der Waals surface area contributed by atoms with Gasteiger partial charge in [0.2, 0.25) is 0 Å². The normalized spacial score (nSPS) is 11.9. The minimum absolute atomic E-state index is 0.0308. The Balaban J connectivity index is 2.86. The lowest BCUT2D eigenvalue weighted by Crippen LogP contribution is -2.01. The van der Waals surface area contributed by atoms with Crippen LogP contribution in [0.25, 0.3) is 0 Å². The van der Waals surface area contributed by atoms with Gasteiger partial charge in [-0.2, -0.15) is 0 Å². The van der Waals surface area contributed by atoms with Crippen LogP contribution in [0.4, 0.5) is 0 Å². The summed E-state index contributed by atoms with van der Waals surface area (Å²) in [7, 11) is -2.98. The maximum Gasteiger partial charge on any atom is 0.153 e. The van der Waals surface area contributed by atoms with Crippen LogP contribution in [0.15, 0.2) is 0 Å². The van der Waals surface area contributed by atoms with E-state index in [2.05, 4.69) is 4.98 Å². The van der Waals surface area contributed by atoms with Gasteiger partial charge in [-0.3, -0.25) is 0 Å². The summed E-state index contributed by atoms with van der Waals surface area (Å²) in [6.45, 7) is 2.45. The maximum atomic E-state index is 11.0. The Morgan fingerprint density at radius 2 is 2.14 bits per heavy atom. The third-order valence-corrected chi connectivity index (χ3v) is 3.89. The molecule has 0 unspecified atom stereocenters. The molecule has 0 bridgehead atoms. The average molecular weight is 234 g/mol. The third kappa shape index (κ3) is 3.36. The Morgan fingerprint density at radius 3 is 2.64 bits per heavy atom. The molecule has 1 aromatic heterocycles. The lowest BCUT2D eigenvalue weighted by Gasteiger charge is -1.91. The molecule has 4 nitrogen and oxygen atoms in total. The van der Waals surface area contributed by atoms with E-state index in [4.69, 9.17) is 5.73 Å². The molecule has 1 aromatic rings. The highest BCUT2D eigenvalue weighted by molar-refractivity contribution is 7.90. The number of hydrogen-bond donors (Lipinski definition) is 1. The first kappa shape index (κ1) is 11.6. The highest BCUT2D eigenvalue weighted by atomic mass is 32.2. The van der Waals surface area contributed by atoms with Crippen molar-refractivity contribution in [1.82, 2.24) is 4.98 Å². The molecule has 0 radical (unpaired) electrons. The van der Waals surface area contributed by atoms with Gasteiger partial charge < -0.3 is 5.73 Å². The van der Waals surface area contributed by atoms with Crippen LogP contribution in [0.3, 0.4) is 0 Å². The fourth-order valence-electron chi connectivity index (χ4n) is 1.14. The number of aryl methyl sites for hydroxylation is 1. The summed E-state index contributed by atoms with van der Waals surface area (Å²) in [6.07, 6.45) is 1.99. The van der Waals surface area contributed by atoms with E-state index in [1.165, 1.54) is 17.6 Å². The molecule has 0 aliphatic heterocycles. The van der Waals surface area contributed by atoms with E-state index in [0.29, 0.717) is 11.6 Å². The number of nitrogens with two attached hydrogens (primary N) is 1. The van der Waals surface area contributed by atoms with Gasteiger partial charge in [-0.1, -0.05) is 0 Å². The fraction of sp³-hybridized carbons (Fsp3) is 0.625. The van der Waals surface area contributed by atoms with Crippen LogP contribution in [-0.2, 0) is 22.0 Å². The first-order valence-electron chi connectivity index (χ1n) is 4.25. The van der Waals surface area contributed by atoms with Gasteiger partial charge in [0.25, 0.3) is 0 Å². The van der Waals surface area contributed by atoms with Crippen LogP contribution >= 0.6 is 11.3 Å². The molecule has 0 spiro atoms. The summed E-state index contributed by atoms with van der Waals surface area (Å²) >= 11 is 1.44. The highest BCUT2D eigenvalue weighted by Gasteiger charge is 2.11. The zero-order chi connectivity index (χ0) is 10.8. The van der Waals surface area contributed by atoms with Crippen molar-refractivity contribution in [2.45, 2.75) is 19.1 Å². The largest absolute Gasteiger partial charge is 0.330 e. The van der Waals surface area contributed by atoms with Gasteiger partial charge >= 0.3 is 0 Å². The van der Waals surface area contributed by atoms with E-state index in [0.717, 1.165) is 17.0 Å². The van der Waals surface area contributed by atoms with Crippen molar-refractivity contribution in [2.24, 2.45) is 5.73 Å². The molecule has 0 saturated heterocycles. The van der Waals surface area contributed by atoms with Crippen molar-refractivity contribution in [3.63, 3.8) is 0 Å². The molecular weight excluding hydrogens is 220 g/mol. The smallest absolute Gasteiger partial charge is 0.153 e. The molecule has 0 saturated carbocycles. The van der Waals surface area contributed by atoms with Crippen LogP contribution in [0.5, 0.6) is 0 Å². The molecule has 0 fully saturated rings. The van der Waals surface area contributed by atoms with Crippen molar-refractivity contribution < 1.29 is 8.42 Å². The number of rotatable bonds is 4. The first-order chi connectivity index (χ1) is 6.42. The molecule has 1 heterocycles. The van der Waals surface area contributed by atoms with E-state index in [1.807, 2.05) is 6.92 Å². The molecule has 80 valence electrons. The van der Waals surface area contributed by atoms with Gasteiger partial charge in [0.15, 0.2) is 9.84 Å². The van der Waals surface area contributed by atoms with Crippen molar-refractivity contribution in [3.05, 3.63) is 15.6 Å². The second-order valence-electron chi connectivity index (χ2n) is 3.22. The second-order valence-corrected chi connectivity index (χ2v) is 6.53. The van der Waals surface area contributed by atoms with E-state index < -0.39 is 9.84 Å². The molecule has 6 heteroatoms. The number of sulfone groups is 1. The summed E-state index contributed by atoms with van der Waals surface area (Å²) < 4.78 is 22.0. The monoisotopic (exact) mass is 234 g/mol. The molecule has 0 amide bonds. The molecule has 0 atom stereocenters.